The predicted molar refractivity (Wildman–Crippen MR) is 126 cm³/mol. The Hall–Kier alpha value is -5.12. The third-order valence-electron chi connectivity index (χ3n) is 5.44. The van der Waals surface area contributed by atoms with Gasteiger partial charge in [0.1, 0.15) is 40.6 Å². The van der Waals surface area contributed by atoms with Crippen molar-refractivity contribution in [2.24, 2.45) is 7.05 Å². The Kier molecular flexibility index (Phi) is 7.15. The molecule has 0 spiro atoms. The summed E-state index contributed by atoms with van der Waals surface area (Å²) in [6.45, 7) is -3.07. The maximum Gasteiger partial charge on any atom is 0.387 e. The van der Waals surface area contributed by atoms with Crippen LogP contribution in [0.15, 0.2) is 59.5 Å². The highest BCUT2D eigenvalue weighted by molar-refractivity contribution is 6.06. The number of halogens is 4. The first kappa shape index (κ1) is 26.0. The highest BCUT2D eigenvalue weighted by Gasteiger charge is 2.28. The van der Waals surface area contributed by atoms with Crippen LogP contribution in [0.2, 0.25) is 0 Å². The van der Waals surface area contributed by atoms with E-state index >= 15 is 8.78 Å². The van der Waals surface area contributed by atoms with Crippen molar-refractivity contribution in [2.45, 2.75) is 6.61 Å². The molecule has 0 aliphatic rings. The summed E-state index contributed by atoms with van der Waals surface area (Å²) in [5.74, 6) is -3.56. The molecule has 2 heterocycles. The van der Waals surface area contributed by atoms with Crippen molar-refractivity contribution in [3.8, 4) is 34.6 Å². The molecule has 0 saturated heterocycles. The summed E-state index contributed by atoms with van der Waals surface area (Å²) >= 11 is 0. The molecule has 0 aliphatic heterocycles. The fourth-order valence-corrected chi connectivity index (χ4v) is 3.76. The van der Waals surface area contributed by atoms with Gasteiger partial charge in [0.2, 0.25) is 0 Å². The molecule has 38 heavy (non-hydrogen) atoms. The standard InChI is InChI=1S/C25H17F4N5O4/c1-33-21(19-17(26)10-16(37-2)11-18(19)27)20(24(36)34(33)22-14(12-30)4-3-9-31-22)32-23(35)13-5-7-15(8-6-13)38-25(28)29/h3-11,25H,1-2H3,(H,32,35). The number of carbonyl (C=O) groups excluding carboxylic acids is 1. The molecule has 0 bridgehead atoms. The molecule has 1 amide bonds. The Labute approximate surface area is 212 Å². The second-order valence-corrected chi connectivity index (χ2v) is 7.67. The number of nitrogens with one attached hydrogen (secondary N) is 1. The number of carbonyl (C=O) groups is 1. The monoisotopic (exact) mass is 527 g/mol. The molecule has 0 atom stereocenters. The van der Waals surface area contributed by atoms with Crippen LogP contribution < -0.4 is 20.3 Å². The van der Waals surface area contributed by atoms with E-state index in [4.69, 9.17) is 4.74 Å². The number of ether oxygens (including phenoxy) is 2. The van der Waals surface area contributed by atoms with Crippen molar-refractivity contribution in [1.29, 1.82) is 5.26 Å². The number of alkyl halides is 2. The second kappa shape index (κ2) is 10.5. The van der Waals surface area contributed by atoms with Gasteiger partial charge in [0, 0.05) is 30.9 Å². The van der Waals surface area contributed by atoms with E-state index in [9.17, 15) is 23.6 Å². The van der Waals surface area contributed by atoms with E-state index in [1.165, 1.54) is 32.5 Å². The van der Waals surface area contributed by atoms with Crippen LogP contribution in [0.5, 0.6) is 11.5 Å². The number of hydrogen-bond donors (Lipinski definition) is 1. The maximum atomic E-state index is 15.1. The van der Waals surface area contributed by atoms with Crippen LogP contribution >= 0.6 is 0 Å². The molecular formula is C25H17F4N5O4. The van der Waals surface area contributed by atoms with Gasteiger partial charge in [0.15, 0.2) is 5.82 Å². The van der Waals surface area contributed by atoms with Crippen LogP contribution in [-0.4, -0.2) is 34.0 Å². The minimum Gasteiger partial charge on any atom is -0.497 e. The first-order chi connectivity index (χ1) is 18.2. The van der Waals surface area contributed by atoms with Crippen molar-refractivity contribution in [3.63, 3.8) is 0 Å². The Morgan fingerprint density at radius 2 is 1.76 bits per heavy atom. The van der Waals surface area contributed by atoms with Crippen molar-refractivity contribution < 1.29 is 31.8 Å². The van der Waals surface area contributed by atoms with E-state index in [0.29, 0.717) is 0 Å². The zero-order valence-corrected chi connectivity index (χ0v) is 19.7. The number of rotatable bonds is 7. The van der Waals surface area contributed by atoms with Crippen molar-refractivity contribution >= 4 is 11.6 Å². The van der Waals surface area contributed by atoms with Crippen LogP contribution in [-0.2, 0) is 7.05 Å². The lowest BCUT2D eigenvalue weighted by Gasteiger charge is -2.13. The van der Waals surface area contributed by atoms with Gasteiger partial charge < -0.3 is 14.8 Å². The number of aromatic nitrogens is 3. The molecule has 0 aliphatic carbocycles. The van der Waals surface area contributed by atoms with Gasteiger partial charge >= 0.3 is 6.61 Å². The Morgan fingerprint density at radius 3 is 2.34 bits per heavy atom. The fraction of sp³-hybridized carbons (Fsp3) is 0.120. The summed E-state index contributed by atoms with van der Waals surface area (Å²) < 4.78 is 66.2. The van der Waals surface area contributed by atoms with Crippen molar-refractivity contribution in [2.75, 3.05) is 12.4 Å². The summed E-state index contributed by atoms with van der Waals surface area (Å²) in [6, 6.07) is 11.1. The lowest BCUT2D eigenvalue weighted by Crippen LogP contribution is -2.24. The van der Waals surface area contributed by atoms with Gasteiger partial charge in [-0.05, 0) is 36.4 Å². The van der Waals surface area contributed by atoms with Crippen LogP contribution in [0.25, 0.3) is 17.1 Å². The summed E-state index contributed by atoms with van der Waals surface area (Å²) in [5, 5.41) is 11.8. The first-order valence-corrected chi connectivity index (χ1v) is 10.7. The number of anilines is 1. The smallest absolute Gasteiger partial charge is 0.387 e. The molecule has 9 nitrogen and oxygen atoms in total. The van der Waals surface area contributed by atoms with Crippen LogP contribution in [0.4, 0.5) is 23.2 Å². The molecule has 0 saturated carbocycles. The Morgan fingerprint density at radius 1 is 1.11 bits per heavy atom. The number of methoxy groups -OCH3 is 1. The largest absolute Gasteiger partial charge is 0.497 e. The number of amides is 1. The Bertz CT molecular complexity index is 1600. The number of nitrogens with zero attached hydrogens (tertiary/aromatic N) is 4. The third-order valence-corrected chi connectivity index (χ3v) is 5.44. The van der Waals surface area contributed by atoms with Crippen LogP contribution in [0.1, 0.15) is 15.9 Å². The van der Waals surface area contributed by atoms with E-state index < -0.39 is 41.0 Å². The summed E-state index contributed by atoms with van der Waals surface area (Å²) in [7, 11) is 2.51. The van der Waals surface area contributed by atoms with Crippen LogP contribution in [0, 0.1) is 23.0 Å². The zero-order chi connectivity index (χ0) is 27.6. The van der Waals surface area contributed by atoms with Gasteiger partial charge in [0.05, 0.1) is 18.2 Å². The van der Waals surface area contributed by atoms with E-state index in [1.54, 1.807) is 0 Å². The predicted octanol–water partition coefficient (Wildman–Crippen LogP) is 4.25. The molecule has 2 aromatic heterocycles. The zero-order valence-electron chi connectivity index (χ0n) is 19.7. The summed E-state index contributed by atoms with van der Waals surface area (Å²) in [6.07, 6.45) is 1.31. The van der Waals surface area contributed by atoms with Gasteiger partial charge in [-0.3, -0.25) is 14.3 Å². The van der Waals surface area contributed by atoms with Gasteiger partial charge in [-0.2, -0.15) is 18.7 Å². The minimum absolute atomic E-state index is 0.0232. The topological polar surface area (TPSA) is 111 Å². The van der Waals surface area contributed by atoms with E-state index in [1.807, 2.05) is 6.07 Å². The van der Waals surface area contributed by atoms with Gasteiger partial charge in [-0.15, -0.1) is 0 Å². The molecule has 4 aromatic rings. The fourth-order valence-electron chi connectivity index (χ4n) is 3.76. The molecule has 0 fully saturated rings. The normalized spacial score (nSPS) is 10.8. The number of pyridine rings is 1. The lowest BCUT2D eigenvalue weighted by atomic mass is 10.1. The molecular weight excluding hydrogens is 510 g/mol. The van der Waals surface area contributed by atoms with Gasteiger partial charge in [0.25, 0.3) is 11.5 Å². The van der Waals surface area contributed by atoms with Crippen LogP contribution in [0.3, 0.4) is 0 Å². The summed E-state index contributed by atoms with van der Waals surface area (Å²) in [4.78, 5) is 30.6. The average Bonchev–Trinajstić information content (AvgIpc) is 3.12. The second-order valence-electron chi connectivity index (χ2n) is 7.67. The lowest BCUT2D eigenvalue weighted by molar-refractivity contribution is -0.0498. The van der Waals surface area contributed by atoms with E-state index in [2.05, 4.69) is 15.0 Å². The van der Waals surface area contributed by atoms with Gasteiger partial charge in [-0.1, -0.05) is 0 Å². The number of benzene rings is 2. The molecule has 2 aromatic carbocycles. The minimum atomic E-state index is -3.07. The summed E-state index contributed by atoms with van der Waals surface area (Å²) in [5.41, 5.74) is -2.59. The molecule has 0 unspecified atom stereocenters. The maximum absolute atomic E-state index is 15.1. The Balaban J connectivity index is 1.90. The van der Waals surface area contributed by atoms with E-state index in [-0.39, 0.29) is 34.1 Å². The highest BCUT2D eigenvalue weighted by Crippen LogP contribution is 2.34. The SMILES string of the molecule is COc1cc(F)c(-c2c(NC(=O)c3ccc(OC(F)F)cc3)c(=O)n(-c3ncccc3C#N)n2C)c(F)c1. The first-order valence-electron chi connectivity index (χ1n) is 10.7. The quantitative estimate of drug-likeness (QED) is 0.360. The number of nitriles is 1. The molecule has 13 heteroatoms. The van der Waals surface area contributed by atoms with Crippen molar-refractivity contribution in [1.82, 2.24) is 14.3 Å². The number of hydrogen-bond acceptors (Lipinski definition) is 6. The molecule has 1 N–H and O–H groups in total. The van der Waals surface area contributed by atoms with Crippen molar-refractivity contribution in [3.05, 3.63) is 87.8 Å². The highest BCUT2D eigenvalue weighted by atomic mass is 19.3. The molecule has 0 radical (unpaired) electrons. The van der Waals surface area contributed by atoms with E-state index in [0.717, 1.165) is 45.8 Å². The molecule has 4 rings (SSSR count). The van der Waals surface area contributed by atoms with Gasteiger partial charge in [-0.25, -0.2) is 13.8 Å². The third kappa shape index (κ3) is 4.79. The molecule has 194 valence electrons. The average molecular weight is 527 g/mol.